The maximum Gasteiger partial charge on any atom is 0.0931 e. The van der Waals surface area contributed by atoms with Crippen LogP contribution in [0.1, 0.15) is 38.0 Å². The van der Waals surface area contributed by atoms with Crippen LogP contribution in [0, 0.1) is 0 Å². The predicted molar refractivity (Wildman–Crippen MR) is 70.0 cm³/mol. The van der Waals surface area contributed by atoms with Crippen LogP contribution in [0.4, 0.5) is 0 Å². The fourth-order valence-corrected chi connectivity index (χ4v) is 2.88. The SMILES string of the molecule is CCNC(CC)CCCc1ccc(Cl)s1. The van der Waals surface area contributed by atoms with Crippen molar-refractivity contribution in [2.24, 2.45) is 0 Å². The van der Waals surface area contributed by atoms with Crippen molar-refractivity contribution in [3.05, 3.63) is 21.3 Å². The lowest BCUT2D eigenvalue weighted by molar-refractivity contribution is 0.468. The van der Waals surface area contributed by atoms with E-state index in [-0.39, 0.29) is 0 Å². The normalized spacial score (nSPS) is 13.0. The molecular weight excluding hydrogens is 226 g/mol. The molecule has 1 aromatic heterocycles. The van der Waals surface area contributed by atoms with Gasteiger partial charge in [0.05, 0.1) is 4.34 Å². The molecule has 0 aliphatic heterocycles. The predicted octanol–water partition coefficient (Wildman–Crippen LogP) is 4.11. The molecule has 0 bridgehead atoms. The molecule has 1 nitrogen and oxygen atoms in total. The molecule has 1 aromatic rings. The van der Waals surface area contributed by atoms with Crippen molar-refractivity contribution in [3.8, 4) is 0 Å². The Bertz CT molecular complexity index is 272. The third kappa shape index (κ3) is 5.01. The highest BCUT2D eigenvalue weighted by molar-refractivity contribution is 7.16. The van der Waals surface area contributed by atoms with Crippen LogP contribution in [0.15, 0.2) is 12.1 Å². The van der Waals surface area contributed by atoms with E-state index in [2.05, 4.69) is 25.2 Å². The first-order chi connectivity index (χ1) is 7.26. The van der Waals surface area contributed by atoms with Crippen molar-refractivity contribution in [2.45, 2.75) is 45.6 Å². The molecule has 0 saturated carbocycles. The lowest BCUT2D eigenvalue weighted by Crippen LogP contribution is -2.27. The number of nitrogens with one attached hydrogen (secondary N) is 1. The Kier molecular flexibility index (Phi) is 6.30. The molecule has 15 heavy (non-hydrogen) atoms. The Morgan fingerprint density at radius 3 is 2.73 bits per heavy atom. The standard InChI is InChI=1S/C12H20ClNS/c1-3-10(14-4-2)6-5-7-11-8-9-12(13)15-11/h8-10,14H,3-7H2,1-2H3. The Morgan fingerprint density at radius 1 is 1.40 bits per heavy atom. The Morgan fingerprint density at radius 2 is 2.20 bits per heavy atom. The second-order valence-corrected chi connectivity index (χ2v) is 5.56. The fourth-order valence-electron chi connectivity index (χ4n) is 1.75. The first-order valence-corrected chi connectivity index (χ1v) is 6.93. The first-order valence-electron chi connectivity index (χ1n) is 5.73. The van der Waals surface area contributed by atoms with E-state index >= 15 is 0 Å². The molecule has 1 heterocycles. The van der Waals surface area contributed by atoms with Gasteiger partial charge < -0.3 is 5.32 Å². The maximum atomic E-state index is 5.89. The molecule has 0 fully saturated rings. The van der Waals surface area contributed by atoms with E-state index in [0.29, 0.717) is 6.04 Å². The van der Waals surface area contributed by atoms with Gasteiger partial charge in [0.1, 0.15) is 0 Å². The molecule has 1 N–H and O–H groups in total. The summed E-state index contributed by atoms with van der Waals surface area (Å²) >= 11 is 7.59. The minimum Gasteiger partial charge on any atom is -0.314 e. The van der Waals surface area contributed by atoms with Crippen LogP contribution in [0.3, 0.4) is 0 Å². The molecule has 0 aromatic carbocycles. The zero-order valence-electron chi connectivity index (χ0n) is 9.55. The molecule has 0 aliphatic carbocycles. The quantitative estimate of drug-likeness (QED) is 0.762. The fraction of sp³-hybridized carbons (Fsp3) is 0.667. The number of rotatable bonds is 7. The molecule has 0 aliphatic rings. The Balaban J connectivity index is 2.20. The van der Waals surface area contributed by atoms with Crippen molar-refractivity contribution in [1.29, 1.82) is 0 Å². The van der Waals surface area contributed by atoms with Crippen molar-refractivity contribution in [2.75, 3.05) is 6.54 Å². The molecule has 0 amide bonds. The molecule has 86 valence electrons. The van der Waals surface area contributed by atoms with Crippen molar-refractivity contribution in [3.63, 3.8) is 0 Å². The van der Waals surface area contributed by atoms with Gasteiger partial charge >= 0.3 is 0 Å². The number of aryl methyl sites for hydroxylation is 1. The first kappa shape index (κ1) is 13.0. The topological polar surface area (TPSA) is 12.0 Å². The molecule has 3 heteroatoms. The van der Waals surface area contributed by atoms with Gasteiger partial charge in [-0.15, -0.1) is 11.3 Å². The minimum atomic E-state index is 0.686. The Hall–Kier alpha value is -0.0500. The summed E-state index contributed by atoms with van der Waals surface area (Å²) in [4.78, 5) is 1.41. The van der Waals surface area contributed by atoms with Crippen molar-refractivity contribution in [1.82, 2.24) is 5.32 Å². The van der Waals surface area contributed by atoms with Crippen LogP contribution < -0.4 is 5.32 Å². The summed E-state index contributed by atoms with van der Waals surface area (Å²) in [5.74, 6) is 0. The smallest absolute Gasteiger partial charge is 0.0931 e. The summed E-state index contributed by atoms with van der Waals surface area (Å²) in [5, 5.41) is 3.50. The maximum absolute atomic E-state index is 5.89. The van der Waals surface area contributed by atoms with E-state index in [4.69, 9.17) is 11.6 Å². The lowest BCUT2D eigenvalue weighted by atomic mass is 10.1. The minimum absolute atomic E-state index is 0.686. The summed E-state index contributed by atoms with van der Waals surface area (Å²) in [5.41, 5.74) is 0. The van der Waals surface area contributed by atoms with Gasteiger partial charge in [-0.1, -0.05) is 25.4 Å². The van der Waals surface area contributed by atoms with Gasteiger partial charge in [0.25, 0.3) is 0 Å². The monoisotopic (exact) mass is 245 g/mol. The zero-order valence-corrected chi connectivity index (χ0v) is 11.1. The van der Waals surface area contributed by atoms with Crippen LogP contribution in [-0.4, -0.2) is 12.6 Å². The van der Waals surface area contributed by atoms with E-state index < -0.39 is 0 Å². The number of halogens is 1. The molecule has 0 radical (unpaired) electrons. The molecule has 1 atom stereocenters. The van der Waals surface area contributed by atoms with Crippen LogP contribution in [0.25, 0.3) is 0 Å². The van der Waals surface area contributed by atoms with Crippen LogP contribution >= 0.6 is 22.9 Å². The van der Waals surface area contributed by atoms with Gasteiger partial charge in [0, 0.05) is 10.9 Å². The van der Waals surface area contributed by atoms with Gasteiger partial charge in [0.15, 0.2) is 0 Å². The number of hydrogen-bond acceptors (Lipinski definition) is 2. The van der Waals surface area contributed by atoms with Crippen LogP contribution in [0.5, 0.6) is 0 Å². The lowest BCUT2D eigenvalue weighted by Gasteiger charge is -2.14. The van der Waals surface area contributed by atoms with E-state index in [1.54, 1.807) is 11.3 Å². The average molecular weight is 246 g/mol. The number of hydrogen-bond donors (Lipinski definition) is 1. The second kappa shape index (κ2) is 7.26. The largest absolute Gasteiger partial charge is 0.314 e. The molecular formula is C12H20ClNS. The van der Waals surface area contributed by atoms with Gasteiger partial charge in [-0.2, -0.15) is 0 Å². The highest BCUT2D eigenvalue weighted by Crippen LogP contribution is 2.23. The zero-order chi connectivity index (χ0) is 11.1. The van der Waals surface area contributed by atoms with E-state index in [1.807, 2.05) is 6.07 Å². The van der Waals surface area contributed by atoms with Gasteiger partial charge in [-0.25, -0.2) is 0 Å². The summed E-state index contributed by atoms with van der Waals surface area (Å²) in [7, 11) is 0. The molecule has 1 unspecified atom stereocenters. The Labute approximate surface area is 102 Å². The van der Waals surface area contributed by atoms with Gasteiger partial charge in [-0.3, -0.25) is 0 Å². The van der Waals surface area contributed by atoms with Gasteiger partial charge in [0.2, 0.25) is 0 Å². The van der Waals surface area contributed by atoms with Crippen molar-refractivity contribution >= 4 is 22.9 Å². The summed E-state index contributed by atoms with van der Waals surface area (Å²) in [6.45, 7) is 5.49. The summed E-state index contributed by atoms with van der Waals surface area (Å²) in [6, 6.07) is 4.81. The van der Waals surface area contributed by atoms with Crippen LogP contribution in [-0.2, 0) is 6.42 Å². The third-order valence-corrected chi connectivity index (χ3v) is 3.88. The summed E-state index contributed by atoms with van der Waals surface area (Å²) < 4.78 is 0.906. The summed E-state index contributed by atoms with van der Waals surface area (Å²) in [6.07, 6.45) is 4.90. The van der Waals surface area contributed by atoms with Crippen LogP contribution in [0.2, 0.25) is 4.34 Å². The number of thiophene rings is 1. The highest BCUT2D eigenvalue weighted by atomic mass is 35.5. The van der Waals surface area contributed by atoms with E-state index in [1.165, 1.54) is 30.6 Å². The molecule has 0 saturated heterocycles. The average Bonchev–Trinajstić information content (AvgIpc) is 2.63. The van der Waals surface area contributed by atoms with E-state index in [9.17, 15) is 0 Å². The van der Waals surface area contributed by atoms with Gasteiger partial charge in [-0.05, 0) is 44.4 Å². The van der Waals surface area contributed by atoms with Crippen molar-refractivity contribution < 1.29 is 0 Å². The highest BCUT2D eigenvalue weighted by Gasteiger charge is 2.04. The second-order valence-electron chi connectivity index (χ2n) is 3.76. The van der Waals surface area contributed by atoms with E-state index in [0.717, 1.165) is 10.9 Å². The third-order valence-electron chi connectivity index (χ3n) is 2.59. The molecule has 1 rings (SSSR count). The molecule has 0 spiro atoms.